The minimum Gasteiger partial charge on any atom is -0.469 e. The summed E-state index contributed by atoms with van der Waals surface area (Å²) < 4.78 is 10.4. The first-order valence-corrected chi connectivity index (χ1v) is 11.0. The predicted octanol–water partition coefficient (Wildman–Crippen LogP) is 4.94. The van der Waals surface area contributed by atoms with Crippen molar-refractivity contribution in [2.75, 3.05) is 14.2 Å². The Morgan fingerprint density at radius 2 is 2.00 bits per heavy atom. The van der Waals surface area contributed by atoms with E-state index in [0.717, 1.165) is 25.7 Å². The SMILES string of the molecule is COC(=O)CCCC#CC[C@H]1C(=O)C[C@@H](C)[C@@H]1CCCC(OC)C1(C)CCC1. The summed E-state index contributed by atoms with van der Waals surface area (Å²) in [6.07, 6.45) is 10.7. The number of hydrogen-bond donors (Lipinski definition) is 0. The van der Waals surface area contributed by atoms with Crippen LogP contribution < -0.4 is 0 Å². The van der Waals surface area contributed by atoms with Crippen LogP contribution in [0.2, 0.25) is 0 Å². The Morgan fingerprint density at radius 1 is 1.25 bits per heavy atom. The van der Waals surface area contributed by atoms with Crippen LogP contribution >= 0.6 is 0 Å². The number of rotatable bonds is 10. The van der Waals surface area contributed by atoms with Gasteiger partial charge in [0.15, 0.2) is 0 Å². The molecule has 0 aromatic carbocycles. The molecule has 0 bridgehead atoms. The molecule has 0 heterocycles. The highest BCUT2D eigenvalue weighted by Crippen LogP contribution is 2.46. The Labute approximate surface area is 171 Å². The summed E-state index contributed by atoms with van der Waals surface area (Å²) in [4.78, 5) is 23.6. The zero-order valence-electron chi connectivity index (χ0n) is 18.2. The first-order valence-electron chi connectivity index (χ1n) is 11.0. The molecule has 4 atom stereocenters. The fourth-order valence-electron chi connectivity index (χ4n) is 5.05. The van der Waals surface area contributed by atoms with Crippen molar-refractivity contribution in [2.24, 2.45) is 23.2 Å². The van der Waals surface area contributed by atoms with Gasteiger partial charge < -0.3 is 9.47 Å². The lowest BCUT2D eigenvalue weighted by molar-refractivity contribution is -0.140. The number of ether oxygens (including phenoxy) is 2. The van der Waals surface area contributed by atoms with Gasteiger partial charge in [-0.3, -0.25) is 9.59 Å². The molecule has 0 spiro atoms. The molecule has 2 rings (SSSR count). The Morgan fingerprint density at radius 3 is 2.61 bits per heavy atom. The molecule has 0 radical (unpaired) electrons. The average Bonchev–Trinajstić information content (AvgIpc) is 2.92. The van der Waals surface area contributed by atoms with E-state index < -0.39 is 0 Å². The van der Waals surface area contributed by atoms with Gasteiger partial charge in [-0.25, -0.2) is 0 Å². The number of esters is 1. The molecule has 2 saturated carbocycles. The maximum Gasteiger partial charge on any atom is 0.305 e. The van der Waals surface area contributed by atoms with Crippen molar-refractivity contribution in [1.82, 2.24) is 0 Å². The largest absolute Gasteiger partial charge is 0.469 e. The smallest absolute Gasteiger partial charge is 0.305 e. The van der Waals surface area contributed by atoms with E-state index in [1.807, 2.05) is 7.11 Å². The molecule has 0 saturated heterocycles. The van der Waals surface area contributed by atoms with E-state index in [1.165, 1.54) is 26.4 Å². The second-order valence-corrected chi connectivity index (χ2v) is 9.07. The number of ketones is 1. The quantitative estimate of drug-likeness (QED) is 0.301. The van der Waals surface area contributed by atoms with Gasteiger partial charge in [0, 0.05) is 38.7 Å². The summed E-state index contributed by atoms with van der Waals surface area (Å²) in [6, 6.07) is 0. The van der Waals surface area contributed by atoms with E-state index in [1.54, 1.807) is 0 Å². The Balaban J connectivity index is 1.78. The van der Waals surface area contributed by atoms with Crippen LogP contribution in [0, 0.1) is 35.0 Å². The summed E-state index contributed by atoms with van der Waals surface area (Å²) in [6.45, 7) is 4.57. The highest BCUT2D eigenvalue weighted by molar-refractivity contribution is 5.84. The molecule has 2 aliphatic rings. The highest BCUT2D eigenvalue weighted by atomic mass is 16.5. The van der Waals surface area contributed by atoms with Crippen LogP contribution in [0.15, 0.2) is 0 Å². The first-order chi connectivity index (χ1) is 13.4. The van der Waals surface area contributed by atoms with Gasteiger partial charge in [-0.15, -0.1) is 11.8 Å². The second-order valence-electron chi connectivity index (χ2n) is 9.07. The standard InChI is InChI=1S/C24H38O4/c1-18-17-21(25)20(11-7-5-6-8-14-23(26)28-4)19(18)12-9-13-22(27-3)24(2)15-10-16-24/h18-20,22H,6,8-17H2,1-4H3/t18-,19+,20-,22?/m1/s1. The van der Waals surface area contributed by atoms with Gasteiger partial charge in [0.1, 0.15) is 5.78 Å². The van der Waals surface area contributed by atoms with Gasteiger partial charge >= 0.3 is 5.97 Å². The van der Waals surface area contributed by atoms with Gasteiger partial charge in [0.2, 0.25) is 0 Å². The normalized spacial score (nSPS) is 26.9. The summed E-state index contributed by atoms with van der Waals surface area (Å²) in [5, 5.41) is 0. The van der Waals surface area contributed by atoms with Crippen LogP contribution in [0.4, 0.5) is 0 Å². The fraction of sp³-hybridized carbons (Fsp3) is 0.833. The van der Waals surface area contributed by atoms with Crippen LogP contribution in [0.25, 0.3) is 0 Å². The Bertz CT molecular complexity index is 581. The highest BCUT2D eigenvalue weighted by Gasteiger charge is 2.41. The number of carbonyl (C=O) groups is 2. The van der Waals surface area contributed by atoms with E-state index in [0.29, 0.717) is 54.8 Å². The number of hydrogen-bond acceptors (Lipinski definition) is 4. The molecule has 28 heavy (non-hydrogen) atoms. The van der Waals surface area contributed by atoms with Crippen molar-refractivity contribution in [2.45, 2.75) is 90.6 Å². The third-order valence-electron chi connectivity index (χ3n) is 7.10. The second kappa shape index (κ2) is 11.0. The van der Waals surface area contributed by atoms with Crippen LogP contribution in [0.5, 0.6) is 0 Å². The first kappa shape index (κ1) is 22.9. The lowest BCUT2D eigenvalue weighted by Gasteiger charge is -2.44. The molecule has 158 valence electrons. The lowest BCUT2D eigenvalue weighted by Crippen LogP contribution is -2.39. The van der Waals surface area contributed by atoms with E-state index in [9.17, 15) is 9.59 Å². The van der Waals surface area contributed by atoms with Crippen molar-refractivity contribution in [3.05, 3.63) is 0 Å². The van der Waals surface area contributed by atoms with E-state index in [2.05, 4.69) is 30.4 Å². The van der Waals surface area contributed by atoms with Crippen molar-refractivity contribution in [3.63, 3.8) is 0 Å². The van der Waals surface area contributed by atoms with Crippen molar-refractivity contribution >= 4 is 11.8 Å². The Hall–Kier alpha value is -1.34. The minimum atomic E-state index is -0.188. The van der Waals surface area contributed by atoms with Crippen molar-refractivity contribution in [1.29, 1.82) is 0 Å². The summed E-state index contributed by atoms with van der Waals surface area (Å²) in [5.74, 6) is 7.53. The Kier molecular flexibility index (Phi) is 9.02. The zero-order valence-corrected chi connectivity index (χ0v) is 18.2. The molecule has 0 amide bonds. The monoisotopic (exact) mass is 390 g/mol. The van der Waals surface area contributed by atoms with Crippen LogP contribution in [-0.4, -0.2) is 32.1 Å². The molecular weight excluding hydrogens is 352 g/mol. The molecule has 0 aromatic rings. The third kappa shape index (κ3) is 6.08. The van der Waals surface area contributed by atoms with Crippen LogP contribution in [0.1, 0.15) is 84.5 Å². The molecule has 0 aromatic heterocycles. The lowest BCUT2D eigenvalue weighted by atomic mass is 9.65. The van der Waals surface area contributed by atoms with Crippen LogP contribution in [0.3, 0.4) is 0 Å². The maximum absolute atomic E-state index is 12.5. The van der Waals surface area contributed by atoms with Crippen molar-refractivity contribution < 1.29 is 19.1 Å². The fourth-order valence-corrected chi connectivity index (χ4v) is 5.05. The van der Waals surface area contributed by atoms with Gasteiger partial charge in [-0.1, -0.05) is 26.7 Å². The summed E-state index contributed by atoms with van der Waals surface area (Å²) in [5.41, 5.74) is 0.362. The number of methoxy groups -OCH3 is 2. The van der Waals surface area contributed by atoms with E-state index >= 15 is 0 Å². The summed E-state index contributed by atoms with van der Waals surface area (Å²) >= 11 is 0. The van der Waals surface area contributed by atoms with Crippen LogP contribution in [-0.2, 0) is 19.1 Å². The average molecular weight is 391 g/mol. The van der Waals surface area contributed by atoms with E-state index in [-0.39, 0.29) is 11.9 Å². The molecule has 4 heteroatoms. The van der Waals surface area contributed by atoms with Gasteiger partial charge in [0.25, 0.3) is 0 Å². The number of Topliss-reactive ketones (excluding diaryl/α,β-unsaturated/α-hetero) is 1. The maximum atomic E-state index is 12.5. The molecular formula is C24H38O4. The molecule has 0 N–H and O–H groups in total. The third-order valence-corrected chi connectivity index (χ3v) is 7.10. The molecule has 1 unspecified atom stereocenters. The molecule has 4 nitrogen and oxygen atoms in total. The molecule has 0 aliphatic heterocycles. The molecule has 2 aliphatic carbocycles. The molecule has 2 fully saturated rings. The van der Waals surface area contributed by atoms with Gasteiger partial charge in [0.05, 0.1) is 13.2 Å². The topological polar surface area (TPSA) is 52.6 Å². The number of carbonyl (C=O) groups excluding carboxylic acids is 2. The number of unbranched alkanes of at least 4 members (excludes halogenated alkanes) is 1. The predicted molar refractivity (Wildman–Crippen MR) is 111 cm³/mol. The summed E-state index contributed by atoms with van der Waals surface area (Å²) in [7, 11) is 3.25. The van der Waals surface area contributed by atoms with Gasteiger partial charge in [-0.2, -0.15) is 0 Å². The zero-order chi connectivity index (χ0) is 20.6. The van der Waals surface area contributed by atoms with Crippen molar-refractivity contribution in [3.8, 4) is 11.8 Å². The minimum absolute atomic E-state index is 0.0865. The van der Waals surface area contributed by atoms with E-state index in [4.69, 9.17) is 4.74 Å². The van der Waals surface area contributed by atoms with Gasteiger partial charge in [-0.05, 0) is 49.4 Å².